The molecule has 0 bridgehead atoms. The molecule has 0 saturated carbocycles. The van der Waals surface area contributed by atoms with Crippen LogP contribution in [0.3, 0.4) is 0 Å². The maximum atomic E-state index is 10.9. The zero-order valence-corrected chi connectivity index (χ0v) is 10.9. The molecule has 0 spiro atoms. The van der Waals surface area contributed by atoms with Crippen LogP contribution in [-0.4, -0.2) is 22.2 Å². The van der Waals surface area contributed by atoms with Gasteiger partial charge in [-0.1, -0.05) is 0 Å². The standard InChI is InChI=1S/C12H10O4S2/c13-11(14)9-5-7(6-18-9)1-2-8-3-4-17-10(8)12(15)16/h3-6H,1-2H2,(H,13,14)(H,15,16). The van der Waals surface area contributed by atoms with E-state index in [4.69, 9.17) is 10.2 Å². The van der Waals surface area contributed by atoms with Gasteiger partial charge < -0.3 is 10.2 Å². The molecule has 0 radical (unpaired) electrons. The van der Waals surface area contributed by atoms with Gasteiger partial charge in [0.15, 0.2) is 0 Å². The average Bonchev–Trinajstić information content (AvgIpc) is 2.95. The topological polar surface area (TPSA) is 74.6 Å². The maximum Gasteiger partial charge on any atom is 0.346 e. The van der Waals surface area contributed by atoms with Crippen LogP contribution in [0, 0.1) is 0 Å². The summed E-state index contributed by atoms with van der Waals surface area (Å²) in [5.41, 5.74) is 1.73. The average molecular weight is 282 g/mol. The smallest absolute Gasteiger partial charge is 0.346 e. The second kappa shape index (κ2) is 5.32. The molecule has 0 saturated heterocycles. The number of hydrogen-bond acceptors (Lipinski definition) is 4. The molecule has 2 aromatic heterocycles. The summed E-state index contributed by atoms with van der Waals surface area (Å²) in [6.07, 6.45) is 1.27. The first kappa shape index (κ1) is 12.8. The SMILES string of the molecule is O=C(O)c1cc(CCc2ccsc2C(=O)O)cs1. The highest BCUT2D eigenvalue weighted by Crippen LogP contribution is 2.21. The van der Waals surface area contributed by atoms with E-state index in [9.17, 15) is 9.59 Å². The van der Waals surface area contributed by atoms with E-state index in [2.05, 4.69) is 0 Å². The lowest BCUT2D eigenvalue weighted by molar-refractivity contribution is 0.0691. The molecule has 0 unspecified atom stereocenters. The Balaban J connectivity index is 2.04. The third kappa shape index (κ3) is 2.77. The van der Waals surface area contributed by atoms with Gasteiger partial charge in [0.1, 0.15) is 9.75 Å². The fraction of sp³-hybridized carbons (Fsp3) is 0.167. The number of hydrogen-bond donors (Lipinski definition) is 2. The van der Waals surface area contributed by atoms with Gasteiger partial charge in [-0.05, 0) is 46.9 Å². The van der Waals surface area contributed by atoms with Crippen LogP contribution in [0.2, 0.25) is 0 Å². The summed E-state index contributed by atoms with van der Waals surface area (Å²) in [4.78, 5) is 22.3. The Morgan fingerprint density at radius 2 is 1.89 bits per heavy atom. The molecular weight excluding hydrogens is 272 g/mol. The van der Waals surface area contributed by atoms with Gasteiger partial charge in [-0.3, -0.25) is 0 Å². The van der Waals surface area contributed by atoms with E-state index in [0.717, 1.165) is 11.1 Å². The van der Waals surface area contributed by atoms with Gasteiger partial charge in [0.2, 0.25) is 0 Å². The van der Waals surface area contributed by atoms with Crippen molar-refractivity contribution in [1.29, 1.82) is 0 Å². The van der Waals surface area contributed by atoms with Crippen LogP contribution in [-0.2, 0) is 12.8 Å². The van der Waals surface area contributed by atoms with Crippen LogP contribution >= 0.6 is 22.7 Å². The predicted molar refractivity (Wildman–Crippen MR) is 70.0 cm³/mol. The van der Waals surface area contributed by atoms with Gasteiger partial charge in [0.05, 0.1) is 0 Å². The first-order valence-electron chi connectivity index (χ1n) is 5.18. The number of carboxylic acid groups (broad SMARTS) is 2. The van der Waals surface area contributed by atoms with Gasteiger partial charge in [0.25, 0.3) is 0 Å². The largest absolute Gasteiger partial charge is 0.477 e. The number of aromatic carboxylic acids is 2. The van der Waals surface area contributed by atoms with Gasteiger partial charge in [-0.2, -0.15) is 0 Å². The van der Waals surface area contributed by atoms with Crippen LogP contribution in [0.1, 0.15) is 30.5 Å². The number of carboxylic acids is 2. The van der Waals surface area contributed by atoms with E-state index < -0.39 is 11.9 Å². The molecule has 2 heterocycles. The maximum absolute atomic E-state index is 10.9. The van der Waals surface area contributed by atoms with Gasteiger partial charge >= 0.3 is 11.9 Å². The summed E-state index contributed by atoms with van der Waals surface area (Å²) in [6.45, 7) is 0. The lowest BCUT2D eigenvalue weighted by Crippen LogP contribution is -1.99. The lowest BCUT2D eigenvalue weighted by Gasteiger charge is -1.98. The highest BCUT2D eigenvalue weighted by molar-refractivity contribution is 7.12. The van der Waals surface area contributed by atoms with Gasteiger partial charge in [-0.15, -0.1) is 22.7 Å². The zero-order valence-electron chi connectivity index (χ0n) is 9.25. The molecule has 0 amide bonds. The molecule has 2 N–H and O–H groups in total. The molecule has 0 fully saturated rings. The molecule has 4 nitrogen and oxygen atoms in total. The third-order valence-corrected chi connectivity index (χ3v) is 4.40. The lowest BCUT2D eigenvalue weighted by atomic mass is 10.1. The molecule has 0 atom stereocenters. The first-order valence-corrected chi connectivity index (χ1v) is 6.94. The van der Waals surface area contributed by atoms with Crippen molar-refractivity contribution >= 4 is 34.6 Å². The highest BCUT2D eigenvalue weighted by atomic mass is 32.1. The second-order valence-electron chi connectivity index (χ2n) is 3.70. The summed E-state index contributed by atoms with van der Waals surface area (Å²) in [7, 11) is 0. The Morgan fingerprint density at radius 3 is 2.50 bits per heavy atom. The van der Waals surface area contributed by atoms with Crippen LogP contribution in [0.15, 0.2) is 22.9 Å². The van der Waals surface area contributed by atoms with Crippen molar-refractivity contribution in [3.63, 3.8) is 0 Å². The normalized spacial score (nSPS) is 10.4. The number of carbonyl (C=O) groups is 2. The molecule has 6 heteroatoms. The minimum absolute atomic E-state index is 0.314. The molecule has 0 aliphatic rings. The van der Waals surface area contributed by atoms with Crippen molar-refractivity contribution in [3.8, 4) is 0 Å². The molecule has 0 aliphatic heterocycles. The van der Waals surface area contributed by atoms with Crippen molar-refractivity contribution in [1.82, 2.24) is 0 Å². The van der Waals surface area contributed by atoms with Crippen molar-refractivity contribution in [3.05, 3.63) is 43.8 Å². The highest BCUT2D eigenvalue weighted by Gasteiger charge is 2.12. The Hall–Kier alpha value is -1.66. The molecule has 2 rings (SSSR count). The Labute approximate surface area is 111 Å². The molecule has 0 aliphatic carbocycles. The van der Waals surface area contributed by atoms with Crippen LogP contribution in [0.4, 0.5) is 0 Å². The van der Waals surface area contributed by atoms with E-state index in [1.807, 2.05) is 0 Å². The Morgan fingerprint density at radius 1 is 1.11 bits per heavy atom. The van der Waals surface area contributed by atoms with E-state index in [0.29, 0.717) is 22.6 Å². The van der Waals surface area contributed by atoms with E-state index in [-0.39, 0.29) is 0 Å². The van der Waals surface area contributed by atoms with Crippen molar-refractivity contribution in [2.45, 2.75) is 12.8 Å². The zero-order chi connectivity index (χ0) is 13.1. The number of thiophene rings is 2. The fourth-order valence-electron chi connectivity index (χ4n) is 1.62. The van der Waals surface area contributed by atoms with E-state index in [1.165, 1.54) is 22.7 Å². The third-order valence-electron chi connectivity index (χ3n) is 2.49. The molecule has 94 valence electrons. The fourth-order valence-corrected chi connectivity index (χ4v) is 3.19. The molecule has 2 aromatic rings. The van der Waals surface area contributed by atoms with Crippen molar-refractivity contribution < 1.29 is 19.8 Å². The monoisotopic (exact) mass is 282 g/mol. The molecular formula is C12H10O4S2. The van der Waals surface area contributed by atoms with Crippen LogP contribution < -0.4 is 0 Å². The van der Waals surface area contributed by atoms with E-state index in [1.54, 1.807) is 22.9 Å². The summed E-state index contributed by atoms with van der Waals surface area (Å²) >= 11 is 2.40. The van der Waals surface area contributed by atoms with Crippen LogP contribution in [0.5, 0.6) is 0 Å². The summed E-state index contributed by atoms with van der Waals surface area (Å²) < 4.78 is 0. The first-order chi connectivity index (χ1) is 8.58. The second-order valence-corrected chi connectivity index (χ2v) is 5.53. The van der Waals surface area contributed by atoms with E-state index >= 15 is 0 Å². The van der Waals surface area contributed by atoms with Crippen LogP contribution in [0.25, 0.3) is 0 Å². The summed E-state index contributed by atoms with van der Waals surface area (Å²) in [5, 5.41) is 21.3. The van der Waals surface area contributed by atoms with Gasteiger partial charge in [0, 0.05) is 0 Å². The molecule has 18 heavy (non-hydrogen) atoms. The quantitative estimate of drug-likeness (QED) is 0.884. The minimum atomic E-state index is -0.923. The van der Waals surface area contributed by atoms with Crippen molar-refractivity contribution in [2.24, 2.45) is 0 Å². The Kier molecular flexibility index (Phi) is 3.78. The van der Waals surface area contributed by atoms with Crippen molar-refractivity contribution in [2.75, 3.05) is 0 Å². The summed E-state index contributed by atoms with van der Waals surface area (Å²) in [5.74, 6) is -1.83. The minimum Gasteiger partial charge on any atom is -0.477 e. The Bertz CT molecular complexity index is 582. The number of rotatable bonds is 5. The van der Waals surface area contributed by atoms with Gasteiger partial charge in [-0.25, -0.2) is 9.59 Å². The number of aryl methyl sites for hydroxylation is 2. The summed E-state index contributed by atoms with van der Waals surface area (Å²) in [6, 6.07) is 3.44. The molecule has 0 aromatic carbocycles. The predicted octanol–water partition coefficient (Wildman–Crippen LogP) is 2.99.